The van der Waals surface area contributed by atoms with Crippen LogP contribution < -0.4 is 10.2 Å². The molecule has 0 fully saturated rings. The second kappa shape index (κ2) is 7.64. The Balaban J connectivity index is 2.72. The average molecular weight is 296 g/mol. The van der Waals surface area contributed by atoms with Crippen molar-refractivity contribution in [3.05, 3.63) is 24.3 Å². The molecule has 0 saturated carbocycles. The Morgan fingerprint density at radius 2 is 1.65 bits per heavy atom. The molecule has 0 atom stereocenters. The van der Waals surface area contributed by atoms with Gasteiger partial charge in [-0.05, 0) is 35.9 Å². The molecule has 0 heterocycles. The third-order valence-electron chi connectivity index (χ3n) is 2.18. The average Bonchev–Trinajstić information content (AvgIpc) is 2.29. The lowest BCUT2D eigenvalue weighted by atomic mass is 10.2. The number of anilines is 2. The van der Waals surface area contributed by atoms with E-state index in [2.05, 4.69) is 10.2 Å². The van der Waals surface area contributed by atoms with Gasteiger partial charge in [0.25, 0.3) is 0 Å². The number of hydrogen-bond donors (Lipinski definition) is 1. The number of amides is 1. The molecule has 0 aromatic heterocycles. The molecule has 0 radical (unpaired) electrons. The molecule has 1 amide bonds. The highest BCUT2D eigenvalue weighted by molar-refractivity contribution is 6.65. The van der Waals surface area contributed by atoms with E-state index in [1.165, 1.54) is 0 Å². The molecule has 1 rings (SSSR count). The highest BCUT2D eigenvalue weighted by atomic mass is 35.5. The van der Waals surface area contributed by atoms with Gasteiger partial charge in [-0.2, -0.15) is 0 Å². The first-order valence-corrected chi connectivity index (χ1v) is 6.55. The van der Waals surface area contributed by atoms with Gasteiger partial charge in [0, 0.05) is 36.2 Å². The summed E-state index contributed by atoms with van der Waals surface area (Å²) in [5, 5.41) is 1.89. The maximum Gasteiger partial charge on any atom is 0.318 e. The fourth-order valence-corrected chi connectivity index (χ4v) is 1.96. The van der Waals surface area contributed by atoms with Gasteiger partial charge in [-0.15, -0.1) is 23.2 Å². The summed E-state index contributed by atoms with van der Waals surface area (Å²) in [7, 11) is 0. The molecule has 0 aliphatic carbocycles. The Morgan fingerprint density at radius 3 is 2.06 bits per heavy atom. The Labute approximate surface area is 116 Å². The van der Waals surface area contributed by atoms with E-state index in [0.717, 1.165) is 18.8 Å². The van der Waals surface area contributed by atoms with Crippen LogP contribution in [0, 0.1) is 0 Å². The van der Waals surface area contributed by atoms with Gasteiger partial charge in [-0.25, -0.2) is 0 Å². The van der Waals surface area contributed by atoms with Gasteiger partial charge in [0.15, 0.2) is 0 Å². The maximum atomic E-state index is 10.6. The number of halogens is 3. The summed E-state index contributed by atoms with van der Waals surface area (Å²) in [5.41, 5.74) is 1.67. The van der Waals surface area contributed by atoms with Crippen molar-refractivity contribution in [2.45, 2.75) is 0 Å². The van der Waals surface area contributed by atoms with Crippen molar-refractivity contribution in [1.82, 2.24) is 0 Å². The van der Waals surface area contributed by atoms with Gasteiger partial charge in [0.05, 0.1) is 0 Å². The van der Waals surface area contributed by atoms with E-state index in [1.807, 2.05) is 12.1 Å². The van der Waals surface area contributed by atoms with Gasteiger partial charge >= 0.3 is 5.37 Å². The van der Waals surface area contributed by atoms with Gasteiger partial charge in [-0.1, -0.05) is 0 Å². The maximum absolute atomic E-state index is 10.6. The van der Waals surface area contributed by atoms with Gasteiger partial charge in [0.2, 0.25) is 0 Å². The van der Waals surface area contributed by atoms with Crippen molar-refractivity contribution in [2.24, 2.45) is 0 Å². The monoisotopic (exact) mass is 294 g/mol. The van der Waals surface area contributed by atoms with Crippen LogP contribution in [0.4, 0.5) is 16.2 Å². The Morgan fingerprint density at radius 1 is 1.12 bits per heavy atom. The van der Waals surface area contributed by atoms with Crippen LogP contribution in [0.15, 0.2) is 24.3 Å². The van der Waals surface area contributed by atoms with Crippen molar-refractivity contribution >= 4 is 51.5 Å². The van der Waals surface area contributed by atoms with Gasteiger partial charge in [-0.3, -0.25) is 4.79 Å². The molecular weight excluding hydrogens is 282 g/mol. The molecule has 17 heavy (non-hydrogen) atoms. The van der Waals surface area contributed by atoms with Crippen LogP contribution in [0.25, 0.3) is 0 Å². The fourth-order valence-electron chi connectivity index (χ4n) is 1.44. The van der Waals surface area contributed by atoms with Crippen molar-refractivity contribution in [2.75, 3.05) is 35.1 Å². The highest BCUT2D eigenvalue weighted by Crippen LogP contribution is 2.18. The van der Waals surface area contributed by atoms with Crippen LogP contribution in [-0.2, 0) is 0 Å². The second-order valence-electron chi connectivity index (χ2n) is 3.31. The number of hydrogen-bond acceptors (Lipinski definition) is 2. The van der Waals surface area contributed by atoms with E-state index in [4.69, 9.17) is 34.8 Å². The molecule has 1 aromatic carbocycles. The molecule has 1 N–H and O–H groups in total. The largest absolute Gasteiger partial charge is 0.369 e. The molecular formula is C11H13Cl3N2O. The SMILES string of the molecule is O=C(Cl)Nc1ccc(N(CCCl)CCCl)cc1. The number of carbonyl (C=O) groups is 1. The zero-order valence-electron chi connectivity index (χ0n) is 9.13. The summed E-state index contributed by atoms with van der Waals surface area (Å²) in [6, 6.07) is 7.35. The van der Waals surface area contributed by atoms with Crippen molar-refractivity contribution in [3.8, 4) is 0 Å². The highest BCUT2D eigenvalue weighted by Gasteiger charge is 2.05. The number of nitrogens with one attached hydrogen (secondary N) is 1. The lowest BCUT2D eigenvalue weighted by Gasteiger charge is -2.22. The van der Waals surface area contributed by atoms with Crippen LogP contribution in [0.2, 0.25) is 0 Å². The van der Waals surface area contributed by atoms with E-state index in [9.17, 15) is 4.79 Å². The summed E-state index contributed by atoms with van der Waals surface area (Å²) in [6.07, 6.45) is 0. The first kappa shape index (κ1) is 14.4. The molecule has 0 bridgehead atoms. The quantitative estimate of drug-likeness (QED) is 0.492. The molecule has 0 unspecified atom stereocenters. The van der Waals surface area contributed by atoms with E-state index >= 15 is 0 Å². The van der Waals surface area contributed by atoms with Crippen LogP contribution >= 0.6 is 34.8 Å². The fraction of sp³-hybridized carbons (Fsp3) is 0.364. The van der Waals surface area contributed by atoms with Crippen molar-refractivity contribution in [3.63, 3.8) is 0 Å². The Hall–Kier alpha value is -0.640. The molecule has 0 aliphatic heterocycles. The summed E-state index contributed by atoms with van der Waals surface area (Å²) >= 11 is 16.7. The van der Waals surface area contributed by atoms with Crippen LogP contribution in [0.1, 0.15) is 0 Å². The van der Waals surface area contributed by atoms with E-state index < -0.39 is 5.37 Å². The van der Waals surface area contributed by atoms with E-state index in [-0.39, 0.29) is 0 Å². The topological polar surface area (TPSA) is 32.3 Å². The minimum atomic E-state index is -0.601. The summed E-state index contributed by atoms with van der Waals surface area (Å²) in [4.78, 5) is 12.7. The normalized spacial score (nSPS) is 10.1. The smallest absolute Gasteiger partial charge is 0.318 e. The minimum Gasteiger partial charge on any atom is -0.369 e. The zero-order valence-corrected chi connectivity index (χ0v) is 11.4. The number of rotatable bonds is 6. The third-order valence-corrected chi connectivity index (χ3v) is 2.62. The third kappa shape index (κ3) is 5.02. The molecule has 0 aliphatic rings. The standard InChI is InChI=1S/C11H13Cl3N2O/c12-5-7-16(8-6-13)10-3-1-9(2-4-10)15-11(14)17/h1-4H,5-8H2,(H,15,17). The molecule has 6 heteroatoms. The van der Waals surface area contributed by atoms with Crippen molar-refractivity contribution in [1.29, 1.82) is 0 Å². The zero-order chi connectivity index (χ0) is 12.7. The van der Waals surface area contributed by atoms with Gasteiger partial charge < -0.3 is 10.2 Å². The molecule has 0 saturated heterocycles. The van der Waals surface area contributed by atoms with Crippen LogP contribution in [-0.4, -0.2) is 30.2 Å². The summed E-state index contributed by atoms with van der Waals surface area (Å²) in [6.45, 7) is 1.46. The first-order valence-electron chi connectivity index (χ1n) is 5.11. The predicted octanol–water partition coefficient (Wildman–Crippen LogP) is 3.74. The van der Waals surface area contributed by atoms with Crippen molar-refractivity contribution < 1.29 is 4.79 Å². The number of benzene rings is 1. The Bertz CT molecular complexity index is 350. The first-order chi connectivity index (χ1) is 8.17. The van der Waals surface area contributed by atoms with Gasteiger partial charge in [0.1, 0.15) is 0 Å². The lowest BCUT2D eigenvalue weighted by Crippen LogP contribution is -2.27. The molecule has 0 spiro atoms. The predicted molar refractivity (Wildman–Crippen MR) is 75.0 cm³/mol. The second-order valence-corrected chi connectivity index (χ2v) is 4.41. The van der Waals surface area contributed by atoms with Crippen LogP contribution in [0.5, 0.6) is 0 Å². The molecule has 3 nitrogen and oxygen atoms in total. The minimum absolute atomic E-state index is 0.539. The van der Waals surface area contributed by atoms with E-state index in [1.54, 1.807) is 12.1 Å². The number of nitrogens with zero attached hydrogens (tertiary/aromatic N) is 1. The van der Waals surface area contributed by atoms with E-state index in [0.29, 0.717) is 17.4 Å². The molecule has 1 aromatic rings. The number of carbonyl (C=O) groups excluding carboxylic acids is 1. The lowest BCUT2D eigenvalue weighted by molar-refractivity contribution is 0.269. The number of alkyl halides is 2. The van der Waals surface area contributed by atoms with Crippen LogP contribution in [0.3, 0.4) is 0 Å². The molecule has 94 valence electrons. The summed E-state index contributed by atoms with van der Waals surface area (Å²) < 4.78 is 0. The Kier molecular flexibility index (Phi) is 6.48. The summed E-state index contributed by atoms with van der Waals surface area (Å²) in [5.74, 6) is 1.08.